The Morgan fingerprint density at radius 2 is 1.87 bits per heavy atom. The molecule has 0 aromatic carbocycles. The minimum Gasteiger partial charge on any atom is -0.505 e. The van der Waals surface area contributed by atoms with Gasteiger partial charge in [0.05, 0.1) is 7.11 Å². The first kappa shape index (κ1) is 17.7. The molecule has 0 bridgehead atoms. The van der Waals surface area contributed by atoms with Crippen LogP contribution in [0.5, 0.6) is 5.75 Å². The molecule has 2 heterocycles. The van der Waals surface area contributed by atoms with Crippen molar-refractivity contribution in [3.63, 3.8) is 0 Å². The molecule has 1 aliphatic heterocycles. The van der Waals surface area contributed by atoms with Crippen LogP contribution in [0.1, 0.15) is 61.1 Å². The average molecular weight is 320 g/mol. The van der Waals surface area contributed by atoms with Gasteiger partial charge in [-0.25, -0.2) is 9.78 Å². The normalized spacial score (nSPS) is 16.6. The molecular weight excluding hydrogens is 292 g/mol. The molecule has 2 rings (SSSR count). The number of nitrogens with zero attached hydrogens (tertiary/aromatic N) is 2. The third kappa shape index (κ3) is 5.82. The van der Waals surface area contributed by atoms with Gasteiger partial charge in [-0.2, -0.15) is 0 Å². The average Bonchev–Trinajstić information content (AvgIpc) is 2.53. The van der Waals surface area contributed by atoms with Crippen LogP contribution >= 0.6 is 0 Å². The zero-order valence-electron chi connectivity index (χ0n) is 14.1. The fourth-order valence-electron chi connectivity index (χ4n) is 3.06. The summed E-state index contributed by atoms with van der Waals surface area (Å²) >= 11 is 0. The number of likely N-dealkylation sites (tertiary alicyclic amines) is 1. The number of aromatic hydroxyl groups is 1. The predicted molar refractivity (Wildman–Crippen MR) is 89.7 cm³/mol. The van der Waals surface area contributed by atoms with Crippen molar-refractivity contribution >= 4 is 5.97 Å². The summed E-state index contributed by atoms with van der Waals surface area (Å²) in [5, 5.41) is 9.66. The van der Waals surface area contributed by atoms with Crippen LogP contribution < -0.4 is 0 Å². The number of ether oxygens (including phenoxy) is 1. The lowest BCUT2D eigenvalue weighted by atomic mass is 10.1. The second kappa shape index (κ2) is 9.50. The molecule has 0 atom stereocenters. The molecule has 1 fully saturated rings. The number of carbonyl (C=O) groups is 1. The summed E-state index contributed by atoms with van der Waals surface area (Å²) in [6, 6.07) is 3.30. The summed E-state index contributed by atoms with van der Waals surface area (Å²) in [7, 11) is 1.29. The maximum absolute atomic E-state index is 11.5. The van der Waals surface area contributed by atoms with Crippen LogP contribution in [0.25, 0.3) is 0 Å². The highest BCUT2D eigenvalue weighted by atomic mass is 16.5. The van der Waals surface area contributed by atoms with Crippen LogP contribution in [0.3, 0.4) is 0 Å². The predicted octanol–water partition coefficient (Wildman–Crippen LogP) is 3.16. The number of hydrogen-bond donors (Lipinski definition) is 1. The van der Waals surface area contributed by atoms with Gasteiger partial charge in [-0.1, -0.05) is 19.3 Å². The fourth-order valence-corrected chi connectivity index (χ4v) is 3.06. The Morgan fingerprint density at radius 3 is 2.57 bits per heavy atom. The van der Waals surface area contributed by atoms with Gasteiger partial charge in [0, 0.05) is 5.69 Å². The first-order valence-corrected chi connectivity index (χ1v) is 8.70. The van der Waals surface area contributed by atoms with Crippen molar-refractivity contribution < 1.29 is 14.6 Å². The molecule has 0 saturated carbocycles. The van der Waals surface area contributed by atoms with E-state index in [-0.39, 0.29) is 11.4 Å². The molecule has 23 heavy (non-hydrogen) atoms. The summed E-state index contributed by atoms with van der Waals surface area (Å²) in [6.07, 6.45) is 9.75. The summed E-state index contributed by atoms with van der Waals surface area (Å²) in [4.78, 5) is 18.3. The molecule has 1 aromatic heterocycles. The number of aromatic nitrogens is 1. The number of unbranched alkanes of at least 4 members (excludes halogenated alkanes) is 1. The number of esters is 1. The monoisotopic (exact) mass is 320 g/mol. The summed E-state index contributed by atoms with van der Waals surface area (Å²) in [6.45, 7) is 3.59. The van der Waals surface area contributed by atoms with Crippen molar-refractivity contribution in [3.05, 3.63) is 23.5 Å². The largest absolute Gasteiger partial charge is 0.505 e. The van der Waals surface area contributed by atoms with E-state index in [0.717, 1.165) is 31.5 Å². The van der Waals surface area contributed by atoms with E-state index in [1.807, 2.05) is 0 Å². The van der Waals surface area contributed by atoms with Crippen molar-refractivity contribution in [2.75, 3.05) is 26.7 Å². The molecule has 5 heteroatoms. The standard InChI is InChI=1S/C18H28N2O3/c1-23-18(22)17-16(21)11-10-15(19-17)9-5-8-14-20-12-6-3-2-4-7-13-20/h10-11,21H,2-9,12-14H2,1H3. The lowest BCUT2D eigenvalue weighted by molar-refractivity contribution is 0.0590. The smallest absolute Gasteiger partial charge is 0.360 e. The Bertz CT molecular complexity index is 497. The molecule has 5 nitrogen and oxygen atoms in total. The third-order valence-corrected chi connectivity index (χ3v) is 4.42. The minimum absolute atomic E-state index is 0.00812. The molecule has 128 valence electrons. The van der Waals surface area contributed by atoms with Crippen molar-refractivity contribution in [3.8, 4) is 5.75 Å². The Hall–Kier alpha value is -1.62. The number of aryl methyl sites for hydroxylation is 1. The van der Waals surface area contributed by atoms with Gasteiger partial charge in [0.15, 0.2) is 5.69 Å². The van der Waals surface area contributed by atoms with Gasteiger partial charge >= 0.3 is 5.97 Å². The number of carbonyl (C=O) groups excluding carboxylic acids is 1. The molecule has 1 saturated heterocycles. The molecule has 1 aromatic rings. The number of pyridine rings is 1. The van der Waals surface area contributed by atoms with E-state index in [1.54, 1.807) is 6.07 Å². The summed E-state index contributed by atoms with van der Waals surface area (Å²) in [5.74, 6) is -0.716. The van der Waals surface area contributed by atoms with E-state index in [0.29, 0.717) is 0 Å². The van der Waals surface area contributed by atoms with Crippen LogP contribution in [0.15, 0.2) is 12.1 Å². The van der Waals surface area contributed by atoms with E-state index >= 15 is 0 Å². The maximum atomic E-state index is 11.5. The SMILES string of the molecule is COC(=O)c1nc(CCCCN2CCCCCCC2)ccc1O. The lowest BCUT2D eigenvalue weighted by Gasteiger charge is -2.24. The fraction of sp³-hybridized carbons (Fsp3) is 0.667. The van der Waals surface area contributed by atoms with Crippen molar-refractivity contribution in [2.45, 2.75) is 51.4 Å². The van der Waals surface area contributed by atoms with Crippen LogP contribution in [0, 0.1) is 0 Å². The Kier molecular flexibility index (Phi) is 7.33. The van der Waals surface area contributed by atoms with Crippen molar-refractivity contribution in [1.29, 1.82) is 0 Å². The molecule has 1 N–H and O–H groups in total. The molecule has 0 unspecified atom stereocenters. The van der Waals surface area contributed by atoms with Gasteiger partial charge in [-0.3, -0.25) is 0 Å². The molecular formula is C18H28N2O3. The first-order chi connectivity index (χ1) is 11.2. The second-order valence-electron chi connectivity index (χ2n) is 6.23. The molecule has 0 radical (unpaired) electrons. The Labute approximate surface area is 138 Å². The first-order valence-electron chi connectivity index (χ1n) is 8.70. The quantitative estimate of drug-likeness (QED) is 0.644. The molecule has 0 spiro atoms. The van der Waals surface area contributed by atoms with Crippen LogP contribution in [0.2, 0.25) is 0 Å². The van der Waals surface area contributed by atoms with Gasteiger partial charge in [-0.05, 0) is 63.9 Å². The number of rotatable bonds is 6. The van der Waals surface area contributed by atoms with Gasteiger partial charge in [0.25, 0.3) is 0 Å². The molecule has 0 amide bonds. The van der Waals surface area contributed by atoms with E-state index in [4.69, 9.17) is 0 Å². The van der Waals surface area contributed by atoms with Crippen LogP contribution in [-0.4, -0.2) is 47.7 Å². The van der Waals surface area contributed by atoms with Crippen LogP contribution in [0.4, 0.5) is 0 Å². The zero-order valence-corrected chi connectivity index (χ0v) is 14.1. The summed E-state index contributed by atoms with van der Waals surface area (Å²) in [5.41, 5.74) is 0.838. The molecule has 0 aliphatic carbocycles. The van der Waals surface area contributed by atoms with E-state index in [1.165, 1.54) is 58.4 Å². The van der Waals surface area contributed by atoms with Gasteiger partial charge < -0.3 is 14.7 Å². The van der Waals surface area contributed by atoms with Crippen molar-refractivity contribution in [1.82, 2.24) is 9.88 Å². The third-order valence-electron chi connectivity index (χ3n) is 4.42. The summed E-state index contributed by atoms with van der Waals surface area (Å²) < 4.78 is 4.63. The van der Waals surface area contributed by atoms with Crippen molar-refractivity contribution in [2.24, 2.45) is 0 Å². The van der Waals surface area contributed by atoms with Gasteiger partial charge in [0.2, 0.25) is 0 Å². The highest BCUT2D eigenvalue weighted by Crippen LogP contribution is 2.17. The highest BCUT2D eigenvalue weighted by Gasteiger charge is 2.14. The number of methoxy groups -OCH3 is 1. The van der Waals surface area contributed by atoms with Crippen LogP contribution in [-0.2, 0) is 11.2 Å². The highest BCUT2D eigenvalue weighted by molar-refractivity contribution is 5.90. The lowest BCUT2D eigenvalue weighted by Crippen LogP contribution is -2.28. The van der Waals surface area contributed by atoms with Gasteiger partial charge in [0.1, 0.15) is 5.75 Å². The Balaban J connectivity index is 1.76. The topological polar surface area (TPSA) is 62.7 Å². The number of hydrogen-bond acceptors (Lipinski definition) is 5. The Morgan fingerprint density at radius 1 is 1.17 bits per heavy atom. The molecule has 1 aliphatic rings. The van der Waals surface area contributed by atoms with E-state index < -0.39 is 5.97 Å². The maximum Gasteiger partial charge on any atom is 0.360 e. The van der Waals surface area contributed by atoms with E-state index in [2.05, 4.69) is 14.6 Å². The van der Waals surface area contributed by atoms with E-state index in [9.17, 15) is 9.90 Å². The van der Waals surface area contributed by atoms with Gasteiger partial charge in [-0.15, -0.1) is 0 Å². The second-order valence-corrected chi connectivity index (χ2v) is 6.23. The minimum atomic E-state index is -0.593. The zero-order chi connectivity index (χ0) is 16.5.